The van der Waals surface area contributed by atoms with Crippen LogP contribution in [0.1, 0.15) is 0 Å². The molecule has 0 spiro atoms. The summed E-state index contributed by atoms with van der Waals surface area (Å²) in [6.45, 7) is 0. The first-order valence-corrected chi connectivity index (χ1v) is 3.18. The molecular formula is C9H6AuN. The van der Waals surface area contributed by atoms with Crippen molar-refractivity contribution in [3.05, 3.63) is 42.6 Å². The first-order valence-electron chi connectivity index (χ1n) is 3.18. The van der Waals surface area contributed by atoms with Gasteiger partial charge in [-0.25, -0.2) is 0 Å². The van der Waals surface area contributed by atoms with Crippen LogP contribution in [0.25, 0.3) is 10.9 Å². The van der Waals surface area contributed by atoms with Gasteiger partial charge in [-0.15, -0.1) is 11.5 Å². The van der Waals surface area contributed by atoms with Crippen LogP contribution >= 0.6 is 0 Å². The molecule has 0 radical (unpaired) electrons. The molecule has 0 amide bonds. The van der Waals surface area contributed by atoms with Crippen LogP contribution in [0, 0.1) is 6.07 Å². The van der Waals surface area contributed by atoms with Crippen molar-refractivity contribution in [1.29, 1.82) is 0 Å². The van der Waals surface area contributed by atoms with Gasteiger partial charge in [0.05, 0.1) is 0 Å². The van der Waals surface area contributed by atoms with E-state index in [1.807, 2.05) is 30.3 Å². The molecule has 0 fully saturated rings. The second kappa shape index (κ2) is 3.67. The van der Waals surface area contributed by atoms with Crippen molar-refractivity contribution in [2.45, 2.75) is 0 Å². The second-order valence-electron chi connectivity index (χ2n) is 2.11. The molecule has 0 unspecified atom stereocenters. The number of para-hydroxylation sites is 1. The van der Waals surface area contributed by atoms with Crippen LogP contribution in [0.5, 0.6) is 0 Å². The van der Waals surface area contributed by atoms with Gasteiger partial charge in [-0.05, 0) is 5.52 Å². The molecule has 1 nitrogen and oxygen atoms in total. The van der Waals surface area contributed by atoms with E-state index < -0.39 is 0 Å². The summed E-state index contributed by atoms with van der Waals surface area (Å²) >= 11 is 0. The molecule has 0 saturated carbocycles. The number of fused-ring (bicyclic) bond motifs is 1. The molecule has 58 valence electrons. The molecule has 0 saturated heterocycles. The summed E-state index contributed by atoms with van der Waals surface area (Å²) in [6.07, 6.45) is 1.78. The molecule has 0 aliphatic rings. The van der Waals surface area contributed by atoms with E-state index >= 15 is 0 Å². The molecule has 1 aromatic heterocycles. The summed E-state index contributed by atoms with van der Waals surface area (Å²) in [6, 6.07) is 12.9. The second-order valence-corrected chi connectivity index (χ2v) is 2.11. The van der Waals surface area contributed by atoms with Crippen LogP contribution in [-0.2, 0) is 22.4 Å². The maximum atomic E-state index is 4.13. The van der Waals surface area contributed by atoms with Crippen molar-refractivity contribution in [1.82, 2.24) is 4.98 Å². The van der Waals surface area contributed by atoms with E-state index in [4.69, 9.17) is 0 Å². The summed E-state index contributed by atoms with van der Waals surface area (Å²) < 4.78 is 0. The Kier molecular flexibility index (Phi) is 2.83. The van der Waals surface area contributed by atoms with E-state index in [1.54, 1.807) is 6.20 Å². The fraction of sp³-hybridized carbons (Fsp3) is 0. The average Bonchev–Trinajstić information content (AvgIpc) is 2.05. The number of nitrogens with zero attached hydrogens (tertiary/aromatic N) is 1. The Bertz CT molecular complexity index is 281. The monoisotopic (exact) mass is 325 g/mol. The summed E-state index contributed by atoms with van der Waals surface area (Å²) in [5, 5.41) is 1.14. The summed E-state index contributed by atoms with van der Waals surface area (Å²) in [4.78, 5) is 4.13. The number of aromatic nitrogens is 1. The number of benzene rings is 1. The van der Waals surface area contributed by atoms with Crippen molar-refractivity contribution in [2.24, 2.45) is 0 Å². The fourth-order valence-electron chi connectivity index (χ4n) is 0.952. The third-order valence-electron chi connectivity index (χ3n) is 1.43. The van der Waals surface area contributed by atoms with E-state index in [0.29, 0.717) is 0 Å². The molecule has 0 bridgehead atoms. The molecule has 11 heavy (non-hydrogen) atoms. The van der Waals surface area contributed by atoms with Crippen LogP contribution in [0.2, 0.25) is 0 Å². The molecule has 0 N–H and O–H groups in total. The van der Waals surface area contributed by atoms with Crippen molar-refractivity contribution in [3.63, 3.8) is 0 Å². The summed E-state index contributed by atoms with van der Waals surface area (Å²) in [7, 11) is 0. The van der Waals surface area contributed by atoms with Gasteiger partial charge in [0.1, 0.15) is 0 Å². The number of rotatable bonds is 0. The summed E-state index contributed by atoms with van der Waals surface area (Å²) in [5.74, 6) is 0. The molecule has 0 aliphatic heterocycles. The zero-order valence-corrected chi connectivity index (χ0v) is 7.88. The number of hydrogen-bond acceptors (Lipinski definition) is 1. The van der Waals surface area contributed by atoms with Crippen LogP contribution < -0.4 is 0 Å². The van der Waals surface area contributed by atoms with Gasteiger partial charge >= 0.3 is 22.4 Å². The van der Waals surface area contributed by atoms with Crippen LogP contribution in [-0.4, -0.2) is 4.98 Å². The van der Waals surface area contributed by atoms with Crippen LogP contribution in [0.15, 0.2) is 36.5 Å². The number of pyridine rings is 1. The topological polar surface area (TPSA) is 12.9 Å². The third kappa shape index (κ3) is 1.69. The first kappa shape index (κ1) is 8.47. The first-order chi connectivity index (χ1) is 4.97. The van der Waals surface area contributed by atoms with Gasteiger partial charge in [0.15, 0.2) is 0 Å². The summed E-state index contributed by atoms with van der Waals surface area (Å²) in [5.41, 5.74) is 0.935. The van der Waals surface area contributed by atoms with Crippen molar-refractivity contribution in [3.8, 4) is 0 Å². The molecule has 2 heteroatoms. The molecule has 1 aromatic carbocycles. The van der Waals surface area contributed by atoms with Gasteiger partial charge in [-0.2, -0.15) is 24.3 Å². The zero-order valence-electron chi connectivity index (χ0n) is 5.71. The van der Waals surface area contributed by atoms with E-state index in [-0.39, 0.29) is 22.4 Å². The molecule has 2 aromatic rings. The van der Waals surface area contributed by atoms with Crippen molar-refractivity contribution < 1.29 is 22.4 Å². The Morgan fingerprint density at radius 1 is 1.18 bits per heavy atom. The van der Waals surface area contributed by atoms with E-state index in [9.17, 15) is 0 Å². The number of hydrogen-bond donors (Lipinski definition) is 0. The van der Waals surface area contributed by atoms with E-state index in [2.05, 4.69) is 11.1 Å². The van der Waals surface area contributed by atoms with Gasteiger partial charge in [-0.3, -0.25) is 4.98 Å². The van der Waals surface area contributed by atoms with Gasteiger partial charge in [-0.1, -0.05) is 6.07 Å². The molecule has 1 heterocycles. The Morgan fingerprint density at radius 2 is 2.00 bits per heavy atom. The van der Waals surface area contributed by atoms with Gasteiger partial charge in [0, 0.05) is 6.20 Å². The Balaban J connectivity index is 0.000000605. The SMILES string of the molecule is [Au+].[c-]1cccc2cccnc12. The predicted octanol–water partition coefficient (Wildman–Crippen LogP) is 2.03. The minimum absolute atomic E-state index is 0. The minimum atomic E-state index is 0. The normalized spacial score (nSPS) is 9.09. The Morgan fingerprint density at radius 3 is 2.82 bits per heavy atom. The minimum Gasteiger partial charge on any atom is -0.283 e. The maximum Gasteiger partial charge on any atom is 1.00 e. The molecule has 0 aliphatic carbocycles. The van der Waals surface area contributed by atoms with E-state index in [0.717, 1.165) is 10.9 Å². The van der Waals surface area contributed by atoms with Crippen molar-refractivity contribution >= 4 is 10.9 Å². The van der Waals surface area contributed by atoms with Crippen LogP contribution in [0.4, 0.5) is 0 Å². The van der Waals surface area contributed by atoms with Gasteiger partial charge < -0.3 is 0 Å². The van der Waals surface area contributed by atoms with Crippen LogP contribution in [0.3, 0.4) is 0 Å². The third-order valence-corrected chi connectivity index (χ3v) is 1.43. The average molecular weight is 325 g/mol. The Hall–Kier alpha value is -0.630. The quantitative estimate of drug-likeness (QED) is 0.534. The zero-order chi connectivity index (χ0) is 6.81. The van der Waals surface area contributed by atoms with Gasteiger partial charge in [0.25, 0.3) is 0 Å². The fourth-order valence-corrected chi connectivity index (χ4v) is 0.952. The van der Waals surface area contributed by atoms with E-state index in [1.165, 1.54) is 0 Å². The maximum absolute atomic E-state index is 4.13. The van der Waals surface area contributed by atoms with Crippen molar-refractivity contribution in [2.75, 3.05) is 0 Å². The molecular weight excluding hydrogens is 319 g/mol. The molecule has 2 rings (SSSR count). The standard InChI is InChI=1S/C9H6N.Au/c1-2-6-9-8(4-1)5-3-7-10-9;/h1-5,7H;/q-1;+1. The molecule has 0 atom stereocenters. The predicted molar refractivity (Wildman–Crippen MR) is 40.6 cm³/mol. The Labute approximate surface area is 81.0 Å². The largest absolute Gasteiger partial charge is 1.00 e. The van der Waals surface area contributed by atoms with Gasteiger partial charge in [0.2, 0.25) is 0 Å². The smallest absolute Gasteiger partial charge is 0.283 e.